The van der Waals surface area contributed by atoms with Crippen molar-refractivity contribution in [1.29, 1.82) is 0 Å². The van der Waals surface area contributed by atoms with Gasteiger partial charge >= 0.3 is 0 Å². The molecule has 0 amide bonds. The Labute approximate surface area is 142 Å². The Kier molecular flexibility index (Phi) is 4.81. The lowest BCUT2D eigenvalue weighted by molar-refractivity contribution is -0.114. The van der Waals surface area contributed by atoms with Crippen LogP contribution in [0.15, 0.2) is 42.0 Å². The van der Waals surface area contributed by atoms with Crippen molar-refractivity contribution in [3.05, 3.63) is 63.9 Å². The van der Waals surface area contributed by atoms with Gasteiger partial charge in [0.15, 0.2) is 5.82 Å². The van der Waals surface area contributed by atoms with E-state index in [1.165, 1.54) is 6.33 Å². The van der Waals surface area contributed by atoms with Gasteiger partial charge in [0.25, 0.3) is 5.78 Å². The fourth-order valence-corrected chi connectivity index (χ4v) is 3.19. The van der Waals surface area contributed by atoms with Crippen molar-refractivity contribution in [2.45, 2.75) is 12.8 Å². The lowest BCUT2D eigenvalue weighted by Gasteiger charge is -2.01. The molecule has 0 atom stereocenters. The largest absolute Gasteiger partial charge is 0.497 e. The van der Waals surface area contributed by atoms with Crippen LogP contribution in [0, 0.1) is 0 Å². The van der Waals surface area contributed by atoms with E-state index in [-0.39, 0.29) is 12.2 Å². The summed E-state index contributed by atoms with van der Waals surface area (Å²) in [6, 6.07) is 9.82. The highest BCUT2D eigenvalue weighted by Gasteiger charge is 2.19. The predicted octanol–water partition coefficient (Wildman–Crippen LogP) is 2.46. The lowest BCUT2D eigenvalue weighted by Crippen LogP contribution is -2.17. The summed E-state index contributed by atoms with van der Waals surface area (Å²) in [5.41, 5.74) is 2.00. The van der Waals surface area contributed by atoms with Crippen molar-refractivity contribution in [2.24, 2.45) is 0 Å². The van der Waals surface area contributed by atoms with Gasteiger partial charge in [0.05, 0.1) is 7.11 Å². The predicted molar refractivity (Wildman–Crippen MR) is 89.5 cm³/mol. The van der Waals surface area contributed by atoms with Crippen LogP contribution in [0.5, 0.6) is 5.75 Å². The number of H-pyrrole nitrogens is 1. The summed E-state index contributed by atoms with van der Waals surface area (Å²) in [5.74, 6) is -0.341. The van der Waals surface area contributed by atoms with E-state index in [0.29, 0.717) is 0 Å². The highest BCUT2D eigenvalue weighted by Crippen LogP contribution is 2.21. The molecular weight excluding hydrogens is 326 g/mol. The number of thiophene rings is 1. The maximum Gasteiger partial charge on any atom is 0.265 e. The molecule has 24 heavy (non-hydrogen) atoms. The van der Waals surface area contributed by atoms with Crippen LogP contribution >= 0.6 is 11.3 Å². The molecule has 0 bridgehead atoms. The first-order valence-corrected chi connectivity index (χ1v) is 8.16. The molecular formula is C17H15N3O3S. The van der Waals surface area contributed by atoms with Crippen LogP contribution in [0.1, 0.15) is 26.6 Å². The summed E-state index contributed by atoms with van der Waals surface area (Å²) in [7, 11) is 1.64. The molecule has 0 radical (unpaired) electrons. The van der Waals surface area contributed by atoms with Gasteiger partial charge in [0.2, 0.25) is 5.78 Å². The third kappa shape index (κ3) is 3.75. The second-order valence-corrected chi connectivity index (χ2v) is 6.21. The van der Waals surface area contributed by atoms with Gasteiger partial charge in [0.1, 0.15) is 12.1 Å². The van der Waals surface area contributed by atoms with Crippen molar-refractivity contribution in [3.63, 3.8) is 0 Å². The number of aromatic nitrogens is 3. The number of Topliss-reactive ketones (excluding diaryl/α,β-unsaturated/α-hetero) is 2. The van der Waals surface area contributed by atoms with E-state index in [1.807, 2.05) is 35.7 Å². The van der Waals surface area contributed by atoms with Gasteiger partial charge in [-0.2, -0.15) is 5.10 Å². The molecule has 3 aromatic rings. The number of carbonyl (C=O) groups is 2. The van der Waals surface area contributed by atoms with Gasteiger partial charge in [-0.05, 0) is 34.7 Å². The smallest absolute Gasteiger partial charge is 0.265 e. The van der Waals surface area contributed by atoms with Crippen molar-refractivity contribution >= 4 is 22.9 Å². The van der Waals surface area contributed by atoms with Crippen LogP contribution in [0.3, 0.4) is 0 Å². The number of methoxy groups -OCH3 is 1. The summed E-state index contributed by atoms with van der Waals surface area (Å²) in [6.45, 7) is 0. The minimum absolute atomic E-state index is 0.0197. The van der Waals surface area contributed by atoms with Gasteiger partial charge in [0, 0.05) is 17.7 Å². The average molecular weight is 341 g/mol. The summed E-state index contributed by atoms with van der Waals surface area (Å²) >= 11 is 1.57. The quantitative estimate of drug-likeness (QED) is 0.527. The Hall–Kier alpha value is -2.80. The summed E-state index contributed by atoms with van der Waals surface area (Å²) < 4.78 is 5.14. The van der Waals surface area contributed by atoms with Crippen LogP contribution in [0.25, 0.3) is 0 Å². The highest BCUT2D eigenvalue weighted by molar-refractivity contribution is 7.10. The Bertz CT molecular complexity index is 838. The first-order valence-electron chi connectivity index (χ1n) is 7.28. The Balaban J connectivity index is 1.62. The van der Waals surface area contributed by atoms with E-state index in [2.05, 4.69) is 15.2 Å². The molecule has 2 heterocycles. The highest BCUT2D eigenvalue weighted by atomic mass is 32.1. The molecule has 0 aliphatic rings. The topological polar surface area (TPSA) is 84.9 Å². The number of nitrogens with zero attached hydrogens (tertiary/aromatic N) is 2. The monoisotopic (exact) mass is 341 g/mol. The molecule has 0 saturated carbocycles. The van der Waals surface area contributed by atoms with Crippen LogP contribution in [0.2, 0.25) is 0 Å². The number of ketones is 2. The molecule has 0 aliphatic carbocycles. The number of nitrogens with one attached hydrogen (secondary N) is 1. The van der Waals surface area contributed by atoms with E-state index in [9.17, 15) is 9.59 Å². The molecule has 3 rings (SSSR count). The maximum atomic E-state index is 12.0. The van der Waals surface area contributed by atoms with Gasteiger partial charge in [-0.1, -0.05) is 12.1 Å². The summed E-state index contributed by atoms with van der Waals surface area (Å²) in [6.07, 6.45) is 2.05. The SMILES string of the molecule is COc1ccc(Cc2cc(CC(=O)C(=O)c3ncn[nH]3)cs2)cc1. The maximum absolute atomic E-state index is 12.0. The second-order valence-electron chi connectivity index (χ2n) is 5.21. The normalized spacial score (nSPS) is 10.5. The van der Waals surface area contributed by atoms with E-state index in [4.69, 9.17) is 4.74 Å². The zero-order chi connectivity index (χ0) is 16.9. The van der Waals surface area contributed by atoms with Gasteiger partial charge in [-0.25, -0.2) is 4.98 Å². The molecule has 1 aromatic carbocycles. The first-order chi connectivity index (χ1) is 11.7. The number of carbonyl (C=O) groups excluding carboxylic acids is 2. The van der Waals surface area contributed by atoms with Crippen molar-refractivity contribution in [1.82, 2.24) is 15.2 Å². The lowest BCUT2D eigenvalue weighted by atomic mass is 10.1. The molecule has 0 aliphatic heterocycles. The molecule has 2 aromatic heterocycles. The van der Waals surface area contributed by atoms with Crippen molar-refractivity contribution in [3.8, 4) is 5.75 Å². The van der Waals surface area contributed by atoms with Crippen molar-refractivity contribution in [2.75, 3.05) is 7.11 Å². The molecule has 6 nitrogen and oxygen atoms in total. The second kappa shape index (κ2) is 7.18. The fraction of sp³-hybridized carbons (Fsp3) is 0.176. The number of rotatable bonds is 7. The van der Waals surface area contributed by atoms with Gasteiger partial charge in [-0.3, -0.25) is 14.7 Å². The standard InChI is InChI=1S/C17H15N3O3S/c1-23-13-4-2-11(3-5-13)6-14-7-12(9-24-14)8-15(21)16(22)17-18-10-19-20-17/h2-5,7,9-10H,6,8H2,1H3,(H,18,19,20). The summed E-state index contributed by atoms with van der Waals surface area (Å²) in [5, 5.41) is 7.90. The minimum Gasteiger partial charge on any atom is -0.497 e. The van der Waals surface area contributed by atoms with E-state index < -0.39 is 11.6 Å². The third-order valence-corrected chi connectivity index (χ3v) is 4.48. The van der Waals surface area contributed by atoms with Crippen LogP contribution in [0.4, 0.5) is 0 Å². The number of benzene rings is 1. The third-order valence-electron chi connectivity index (χ3n) is 3.49. The average Bonchev–Trinajstić information content (AvgIpc) is 3.27. The number of hydrogen-bond acceptors (Lipinski definition) is 6. The molecule has 0 unspecified atom stereocenters. The molecule has 0 spiro atoms. The zero-order valence-electron chi connectivity index (χ0n) is 13.0. The Morgan fingerprint density at radius 3 is 2.67 bits per heavy atom. The van der Waals surface area contributed by atoms with E-state index in [1.54, 1.807) is 18.4 Å². The van der Waals surface area contributed by atoms with Crippen LogP contribution in [-0.4, -0.2) is 33.9 Å². The van der Waals surface area contributed by atoms with Crippen LogP contribution in [-0.2, 0) is 17.6 Å². The number of hydrogen-bond donors (Lipinski definition) is 1. The van der Waals surface area contributed by atoms with Crippen molar-refractivity contribution < 1.29 is 14.3 Å². The van der Waals surface area contributed by atoms with Crippen LogP contribution < -0.4 is 4.74 Å². The molecule has 0 fully saturated rings. The molecule has 122 valence electrons. The first kappa shape index (κ1) is 16.1. The number of ether oxygens (including phenoxy) is 1. The minimum atomic E-state index is -0.643. The number of aromatic amines is 1. The fourth-order valence-electron chi connectivity index (χ4n) is 2.27. The Morgan fingerprint density at radius 1 is 1.21 bits per heavy atom. The molecule has 1 N–H and O–H groups in total. The summed E-state index contributed by atoms with van der Waals surface area (Å²) in [4.78, 5) is 28.7. The van der Waals surface area contributed by atoms with E-state index >= 15 is 0 Å². The van der Waals surface area contributed by atoms with Gasteiger partial charge < -0.3 is 4.74 Å². The molecule has 7 heteroatoms. The zero-order valence-corrected chi connectivity index (χ0v) is 13.8. The Morgan fingerprint density at radius 2 is 2.00 bits per heavy atom. The van der Waals surface area contributed by atoms with E-state index in [0.717, 1.165) is 28.2 Å². The molecule has 0 saturated heterocycles. The van der Waals surface area contributed by atoms with Gasteiger partial charge in [-0.15, -0.1) is 11.3 Å².